The number of benzene rings is 1. The minimum Gasteiger partial charge on any atom is -0.373 e. The summed E-state index contributed by atoms with van der Waals surface area (Å²) in [5.41, 5.74) is 0. The fraction of sp³-hybridized carbons (Fsp3) is 0.533. The highest BCUT2D eigenvalue weighted by atomic mass is 32.1. The molecule has 2 saturated heterocycles. The molecule has 2 aliphatic heterocycles. The standard InChI is InChI=1S/C15H19N3OS/c1-2-4-14-13(3-1)15(17-20-14)18-8-7-16-9-11(18)5-6-12-10-19-12/h1-4,11-12,16H,5-10H2. The van der Waals surface area contributed by atoms with Gasteiger partial charge in [0.05, 0.1) is 17.4 Å². The van der Waals surface area contributed by atoms with Crippen LogP contribution in [0.15, 0.2) is 24.3 Å². The van der Waals surface area contributed by atoms with Gasteiger partial charge in [-0.2, -0.15) is 4.37 Å². The van der Waals surface area contributed by atoms with Crippen LogP contribution < -0.4 is 10.2 Å². The van der Waals surface area contributed by atoms with E-state index in [2.05, 4.69) is 34.5 Å². The van der Waals surface area contributed by atoms with Crippen LogP contribution in [0.5, 0.6) is 0 Å². The lowest BCUT2D eigenvalue weighted by molar-refractivity contribution is 0.368. The summed E-state index contributed by atoms with van der Waals surface area (Å²) in [4.78, 5) is 2.50. The summed E-state index contributed by atoms with van der Waals surface area (Å²) < 4.78 is 11.3. The van der Waals surface area contributed by atoms with Crippen LogP contribution in [0.2, 0.25) is 0 Å². The van der Waals surface area contributed by atoms with Crippen molar-refractivity contribution >= 4 is 27.4 Å². The molecule has 20 heavy (non-hydrogen) atoms. The van der Waals surface area contributed by atoms with Gasteiger partial charge in [-0.15, -0.1) is 0 Å². The Hall–Kier alpha value is -1.17. The van der Waals surface area contributed by atoms with Crippen LogP contribution in [0, 0.1) is 0 Å². The topological polar surface area (TPSA) is 40.7 Å². The van der Waals surface area contributed by atoms with Gasteiger partial charge in [-0.1, -0.05) is 12.1 Å². The second-order valence-electron chi connectivity index (χ2n) is 5.59. The molecule has 4 rings (SSSR count). The zero-order chi connectivity index (χ0) is 13.4. The minimum atomic E-state index is 0.519. The van der Waals surface area contributed by atoms with Crippen molar-refractivity contribution in [2.24, 2.45) is 0 Å². The van der Waals surface area contributed by atoms with Crippen molar-refractivity contribution in [2.45, 2.75) is 25.0 Å². The lowest BCUT2D eigenvalue weighted by Crippen LogP contribution is -2.51. The Balaban J connectivity index is 1.59. The fourth-order valence-electron chi connectivity index (χ4n) is 2.99. The summed E-state index contributed by atoms with van der Waals surface area (Å²) >= 11 is 1.61. The van der Waals surface area contributed by atoms with Gasteiger partial charge < -0.3 is 15.0 Å². The van der Waals surface area contributed by atoms with E-state index in [4.69, 9.17) is 9.11 Å². The summed E-state index contributed by atoms with van der Waals surface area (Å²) in [6.07, 6.45) is 2.87. The van der Waals surface area contributed by atoms with Crippen LogP contribution in [0.4, 0.5) is 5.82 Å². The third-order valence-corrected chi connectivity index (χ3v) is 5.02. The van der Waals surface area contributed by atoms with Crippen molar-refractivity contribution in [1.82, 2.24) is 9.69 Å². The average Bonchev–Trinajstić information content (AvgIpc) is 3.23. The molecule has 5 heteroatoms. The maximum Gasteiger partial charge on any atom is 0.150 e. The molecule has 1 aromatic heterocycles. The van der Waals surface area contributed by atoms with Gasteiger partial charge in [0, 0.05) is 31.1 Å². The summed E-state index contributed by atoms with van der Waals surface area (Å²) in [5, 5.41) is 4.81. The van der Waals surface area contributed by atoms with Crippen LogP contribution in [0.3, 0.4) is 0 Å². The Kier molecular flexibility index (Phi) is 3.34. The Morgan fingerprint density at radius 1 is 1.35 bits per heavy atom. The lowest BCUT2D eigenvalue weighted by atomic mass is 10.1. The SMILES string of the molecule is c1ccc2c(N3CCNCC3CCC3CO3)nsc2c1. The molecule has 2 fully saturated rings. The number of hydrogen-bond donors (Lipinski definition) is 1. The molecule has 0 aliphatic carbocycles. The second kappa shape index (κ2) is 5.31. The van der Waals surface area contributed by atoms with Crippen LogP contribution >= 0.6 is 11.5 Å². The largest absolute Gasteiger partial charge is 0.373 e. The van der Waals surface area contributed by atoms with E-state index >= 15 is 0 Å². The van der Waals surface area contributed by atoms with E-state index in [1.807, 2.05) is 0 Å². The summed E-state index contributed by atoms with van der Waals surface area (Å²) in [7, 11) is 0. The van der Waals surface area contributed by atoms with Crippen molar-refractivity contribution in [2.75, 3.05) is 31.1 Å². The Bertz CT molecular complexity index is 596. The smallest absolute Gasteiger partial charge is 0.150 e. The molecule has 106 valence electrons. The number of anilines is 1. The number of nitrogens with one attached hydrogen (secondary N) is 1. The molecule has 4 nitrogen and oxygen atoms in total. The molecule has 2 atom stereocenters. The van der Waals surface area contributed by atoms with E-state index in [1.165, 1.54) is 28.7 Å². The number of aromatic nitrogens is 1. The lowest BCUT2D eigenvalue weighted by Gasteiger charge is -2.36. The molecule has 0 saturated carbocycles. The molecule has 0 spiro atoms. The van der Waals surface area contributed by atoms with Gasteiger partial charge in [0.1, 0.15) is 0 Å². The first kappa shape index (κ1) is 12.6. The number of hydrogen-bond acceptors (Lipinski definition) is 5. The highest BCUT2D eigenvalue weighted by molar-refractivity contribution is 7.13. The van der Waals surface area contributed by atoms with E-state index in [0.717, 1.165) is 26.2 Å². The third kappa shape index (κ3) is 2.41. The molecular formula is C15H19N3OS. The van der Waals surface area contributed by atoms with Gasteiger partial charge in [0.15, 0.2) is 5.82 Å². The number of ether oxygens (including phenoxy) is 1. The average molecular weight is 289 g/mol. The van der Waals surface area contributed by atoms with Gasteiger partial charge >= 0.3 is 0 Å². The van der Waals surface area contributed by atoms with Crippen LogP contribution in [0.25, 0.3) is 10.1 Å². The zero-order valence-electron chi connectivity index (χ0n) is 11.4. The maximum atomic E-state index is 5.34. The monoisotopic (exact) mass is 289 g/mol. The Morgan fingerprint density at radius 2 is 2.25 bits per heavy atom. The molecule has 1 N–H and O–H groups in total. The summed E-state index contributed by atoms with van der Waals surface area (Å²) in [6, 6.07) is 9.08. The van der Waals surface area contributed by atoms with Gasteiger partial charge in [0.25, 0.3) is 0 Å². The van der Waals surface area contributed by atoms with Gasteiger partial charge in [-0.05, 0) is 36.5 Å². The predicted molar refractivity (Wildman–Crippen MR) is 82.6 cm³/mol. The number of epoxide rings is 1. The van der Waals surface area contributed by atoms with Gasteiger partial charge in [-0.3, -0.25) is 0 Å². The normalized spacial score (nSPS) is 26.1. The van der Waals surface area contributed by atoms with Crippen molar-refractivity contribution in [1.29, 1.82) is 0 Å². The summed E-state index contributed by atoms with van der Waals surface area (Å²) in [5.74, 6) is 1.17. The van der Waals surface area contributed by atoms with Crippen molar-refractivity contribution in [3.63, 3.8) is 0 Å². The van der Waals surface area contributed by atoms with E-state index in [0.29, 0.717) is 12.1 Å². The van der Waals surface area contributed by atoms with E-state index in [1.54, 1.807) is 11.5 Å². The van der Waals surface area contributed by atoms with Crippen molar-refractivity contribution in [3.8, 4) is 0 Å². The summed E-state index contributed by atoms with van der Waals surface area (Å²) in [6.45, 7) is 4.10. The molecule has 0 radical (unpaired) electrons. The molecule has 2 aliphatic rings. The second-order valence-corrected chi connectivity index (χ2v) is 6.39. The first-order valence-corrected chi connectivity index (χ1v) is 8.12. The highest BCUT2D eigenvalue weighted by Gasteiger charge is 2.29. The fourth-order valence-corrected chi connectivity index (χ4v) is 3.78. The maximum absolute atomic E-state index is 5.34. The van der Waals surface area contributed by atoms with Gasteiger partial charge in [0.2, 0.25) is 0 Å². The van der Waals surface area contributed by atoms with Crippen LogP contribution in [-0.4, -0.2) is 42.8 Å². The first-order chi connectivity index (χ1) is 9.92. The number of piperazine rings is 1. The highest BCUT2D eigenvalue weighted by Crippen LogP contribution is 2.32. The minimum absolute atomic E-state index is 0.519. The zero-order valence-corrected chi connectivity index (χ0v) is 12.2. The molecule has 3 heterocycles. The van der Waals surface area contributed by atoms with E-state index in [9.17, 15) is 0 Å². The van der Waals surface area contributed by atoms with E-state index < -0.39 is 0 Å². The molecular weight excluding hydrogens is 270 g/mol. The molecule has 2 aromatic rings. The quantitative estimate of drug-likeness (QED) is 0.877. The Morgan fingerprint density at radius 3 is 3.15 bits per heavy atom. The molecule has 1 aromatic carbocycles. The van der Waals surface area contributed by atoms with Crippen molar-refractivity contribution < 1.29 is 4.74 Å². The van der Waals surface area contributed by atoms with E-state index in [-0.39, 0.29) is 0 Å². The molecule has 2 unspecified atom stereocenters. The third-order valence-electron chi connectivity index (χ3n) is 4.20. The van der Waals surface area contributed by atoms with Crippen LogP contribution in [0.1, 0.15) is 12.8 Å². The number of nitrogens with zero attached hydrogens (tertiary/aromatic N) is 2. The number of fused-ring (bicyclic) bond motifs is 1. The molecule has 0 bridgehead atoms. The number of rotatable bonds is 4. The first-order valence-electron chi connectivity index (χ1n) is 7.35. The van der Waals surface area contributed by atoms with Gasteiger partial charge in [-0.25, -0.2) is 0 Å². The predicted octanol–water partition coefficient (Wildman–Crippen LogP) is 2.25. The van der Waals surface area contributed by atoms with Crippen LogP contribution in [-0.2, 0) is 4.74 Å². The molecule has 0 amide bonds. The van der Waals surface area contributed by atoms with Crippen molar-refractivity contribution in [3.05, 3.63) is 24.3 Å². The Labute approximate surface area is 122 Å².